The Morgan fingerprint density at radius 2 is 1.88 bits per heavy atom. The fourth-order valence-corrected chi connectivity index (χ4v) is 3.34. The van der Waals surface area contributed by atoms with Crippen LogP contribution in [0.2, 0.25) is 0 Å². The van der Waals surface area contributed by atoms with E-state index in [-0.39, 0.29) is 5.91 Å². The maximum absolute atomic E-state index is 12.9. The van der Waals surface area contributed by atoms with Gasteiger partial charge in [0.1, 0.15) is 5.82 Å². The summed E-state index contributed by atoms with van der Waals surface area (Å²) in [6.07, 6.45) is 1.87. The highest BCUT2D eigenvalue weighted by Crippen LogP contribution is 2.21. The molecule has 5 heteroatoms. The van der Waals surface area contributed by atoms with Gasteiger partial charge in [0.25, 0.3) is 5.91 Å². The standard InChI is InChI=1S/C21H17N3OS/c25-21(22-13-15-6-2-1-3-7-15)17(12-16-10-11-26-14-16)20-23-18-8-4-5-9-19(18)24-20/h1-12,14H,13H2,(H,22,25)(H,23,24). The van der Waals surface area contributed by atoms with Crippen LogP contribution in [-0.2, 0) is 11.3 Å². The van der Waals surface area contributed by atoms with E-state index < -0.39 is 0 Å². The van der Waals surface area contributed by atoms with E-state index in [1.165, 1.54) is 0 Å². The Balaban J connectivity index is 1.65. The van der Waals surface area contributed by atoms with Crippen LogP contribution in [0.15, 0.2) is 71.4 Å². The number of nitrogens with one attached hydrogen (secondary N) is 2. The Kier molecular flexibility index (Phi) is 4.62. The van der Waals surface area contributed by atoms with E-state index >= 15 is 0 Å². The van der Waals surface area contributed by atoms with E-state index in [1.807, 2.05) is 77.5 Å². The maximum atomic E-state index is 12.9. The van der Waals surface area contributed by atoms with Gasteiger partial charge in [-0.3, -0.25) is 4.79 Å². The first kappa shape index (κ1) is 16.3. The third-order valence-corrected chi connectivity index (χ3v) is 4.74. The molecule has 0 saturated heterocycles. The maximum Gasteiger partial charge on any atom is 0.255 e. The molecule has 0 aliphatic carbocycles. The third-order valence-electron chi connectivity index (χ3n) is 4.04. The van der Waals surface area contributed by atoms with Gasteiger partial charge in [-0.2, -0.15) is 11.3 Å². The van der Waals surface area contributed by atoms with Crippen LogP contribution in [0.3, 0.4) is 0 Å². The second kappa shape index (κ2) is 7.37. The Hall–Kier alpha value is -3.18. The predicted octanol–water partition coefficient (Wildman–Crippen LogP) is 4.48. The van der Waals surface area contributed by atoms with E-state index in [2.05, 4.69) is 15.3 Å². The van der Waals surface area contributed by atoms with Crippen LogP contribution in [0.5, 0.6) is 0 Å². The summed E-state index contributed by atoms with van der Waals surface area (Å²) in [6, 6.07) is 19.6. The molecule has 2 N–H and O–H groups in total. The van der Waals surface area contributed by atoms with Gasteiger partial charge in [-0.25, -0.2) is 4.98 Å². The SMILES string of the molecule is O=C(NCc1ccccc1)C(=Cc1ccsc1)c1nc2ccccc2[nH]1. The van der Waals surface area contributed by atoms with Gasteiger partial charge in [0.05, 0.1) is 16.6 Å². The van der Waals surface area contributed by atoms with Crippen LogP contribution in [0.1, 0.15) is 17.0 Å². The number of H-pyrrole nitrogens is 1. The van der Waals surface area contributed by atoms with Crippen molar-refractivity contribution >= 4 is 39.9 Å². The molecule has 0 unspecified atom stereocenters. The predicted molar refractivity (Wildman–Crippen MR) is 107 cm³/mol. The smallest absolute Gasteiger partial charge is 0.255 e. The van der Waals surface area contributed by atoms with Crippen molar-refractivity contribution in [2.45, 2.75) is 6.54 Å². The fraction of sp³-hybridized carbons (Fsp3) is 0.0476. The van der Waals surface area contributed by atoms with Gasteiger partial charge in [0.15, 0.2) is 0 Å². The largest absolute Gasteiger partial charge is 0.348 e. The summed E-state index contributed by atoms with van der Waals surface area (Å²) >= 11 is 1.60. The second-order valence-corrected chi connectivity index (χ2v) is 6.67. The lowest BCUT2D eigenvalue weighted by Gasteiger charge is -2.07. The van der Waals surface area contributed by atoms with E-state index in [1.54, 1.807) is 11.3 Å². The molecule has 0 spiro atoms. The Bertz CT molecular complexity index is 1020. The second-order valence-electron chi connectivity index (χ2n) is 5.89. The fourth-order valence-electron chi connectivity index (χ4n) is 2.72. The van der Waals surface area contributed by atoms with Crippen LogP contribution < -0.4 is 5.32 Å². The monoisotopic (exact) mass is 359 g/mol. The van der Waals surface area contributed by atoms with Gasteiger partial charge < -0.3 is 10.3 Å². The quantitative estimate of drug-likeness (QED) is 0.516. The Morgan fingerprint density at radius 3 is 2.65 bits per heavy atom. The highest BCUT2D eigenvalue weighted by molar-refractivity contribution is 7.08. The molecule has 0 atom stereocenters. The molecule has 2 heterocycles. The first-order valence-corrected chi connectivity index (χ1v) is 9.25. The van der Waals surface area contributed by atoms with Gasteiger partial charge in [-0.15, -0.1) is 0 Å². The summed E-state index contributed by atoms with van der Waals surface area (Å²) in [5.74, 6) is 0.419. The number of rotatable bonds is 5. The number of fused-ring (bicyclic) bond motifs is 1. The highest BCUT2D eigenvalue weighted by atomic mass is 32.1. The normalized spacial score (nSPS) is 11.6. The molecule has 2 aromatic heterocycles. The molecule has 0 aliphatic heterocycles. The molecule has 1 amide bonds. The number of thiophene rings is 1. The summed E-state index contributed by atoms with van der Waals surface area (Å²) in [4.78, 5) is 20.7. The van der Waals surface area contributed by atoms with Gasteiger partial charge in [0.2, 0.25) is 0 Å². The van der Waals surface area contributed by atoms with Crippen LogP contribution in [0.25, 0.3) is 22.7 Å². The van der Waals surface area contributed by atoms with E-state index in [9.17, 15) is 4.79 Å². The minimum atomic E-state index is -0.154. The van der Waals surface area contributed by atoms with Crippen molar-refractivity contribution in [3.8, 4) is 0 Å². The van der Waals surface area contributed by atoms with Crippen molar-refractivity contribution in [2.24, 2.45) is 0 Å². The molecule has 0 radical (unpaired) electrons. The van der Waals surface area contributed by atoms with Gasteiger partial charge >= 0.3 is 0 Å². The first-order chi connectivity index (χ1) is 12.8. The number of para-hydroxylation sites is 2. The molecule has 0 saturated carbocycles. The van der Waals surface area contributed by atoms with Crippen molar-refractivity contribution in [3.05, 3.63) is 88.4 Å². The van der Waals surface area contributed by atoms with Gasteiger partial charge in [0, 0.05) is 6.54 Å². The van der Waals surface area contributed by atoms with Crippen molar-refractivity contribution in [1.29, 1.82) is 0 Å². The summed E-state index contributed by atoms with van der Waals surface area (Å²) in [5.41, 5.74) is 4.32. The van der Waals surface area contributed by atoms with Gasteiger partial charge in [-0.05, 0) is 46.2 Å². The minimum Gasteiger partial charge on any atom is -0.348 e. The number of carbonyl (C=O) groups is 1. The van der Waals surface area contributed by atoms with E-state index in [0.29, 0.717) is 17.9 Å². The molecule has 0 bridgehead atoms. The molecule has 4 rings (SSSR count). The number of benzene rings is 2. The number of nitrogens with zero attached hydrogens (tertiary/aromatic N) is 1. The lowest BCUT2D eigenvalue weighted by Crippen LogP contribution is -2.24. The number of aromatic amines is 1. The third kappa shape index (κ3) is 3.58. The lowest BCUT2D eigenvalue weighted by atomic mass is 10.1. The van der Waals surface area contributed by atoms with E-state index in [0.717, 1.165) is 22.2 Å². The highest BCUT2D eigenvalue weighted by Gasteiger charge is 2.16. The minimum absolute atomic E-state index is 0.154. The zero-order chi connectivity index (χ0) is 17.8. The molecular weight excluding hydrogens is 342 g/mol. The van der Waals surface area contributed by atoms with Crippen LogP contribution in [-0.4, -0.2) is 15.9 Å². The van der Waals surface area contributed by atoms with Crippen LogP contribution in [0.4, 0.5) is 0 Å². The zero-order valence-electron chi connectivity index (χ0n) is 14.0. The van der Waals surface area contributed by atoms with Crippen LogP contribution >= 0.6 is 11.3 Å². The van der Waals surface area contributed by atoms with Crippen molar-refractivity contribution in [1.82, 2.24) is 15.3 Å². The molecule has 2 aromatic carbocycles. The Labute approximate surface area is 155 Å². The zero-order valence-corrected chi connectivity index (χ0v) is 14.8. The van der Waals surface area contributed by atoms with Crippen molar-refractivity contribution < 1.29 is 4.79 Å². The molecule has 26 heavy (non-hydrogen) atoms. The summed E-state index contributed by atoms with van der Waals surface area (Å²) in [7, 11) is 0. The summed E-state index contributed by atoms with van der Waals surface area (Å²) in [5, 5.41) is 6.99. The Morgan fingerprint density at radius 1 is 1.08 bits per heavy atom. The summed E-state index contributed by atoms with van der Waals surface area (Å²) in [6.45, 7) is 0.473. The molecular formula is C21H17N3OS. The van der Waals surface area contributed by atoms with Crippen LogP contribution in [0, 0.1) is 0 Å². The number of hydrogen-bond acceptors (Lipinski definition) is 3. The van der Waals surface area contributed by atoms with E-state index in [4.69, 9.17) is 0 Å². The molecule has 128 valence electrons. The van der Waals surface area contributed by atoms with Gasteiger partial charge in [-0.1, -0.05) is 42.5 Å². The number of hydrogen-bond donors (Lipinski definition) is 2. The van der Waals surface area contributed by atoms with Crippen molar-refractivity contribution in [2.75, 3.05) is 0 Å². The molecule has 4 nitrogen and oxygen atoms in total. The molecule has 0 aliphatic rings. The van der Waals surface area contributed by atoms with Crippen molar-refractivity contribution in [3.63, 3.8) is 0 Å². The average molecular weight is 359 g/mol. The number of aromatic nitrogens is 2. The lowest BCUT2D eigenvalue weighted by molar-refractivity contribution is -0.115. The number of amides is 1. The first-order valence-electron chi connectivity index (χ1n) is 8.31. The topological polar surface area (TPSA) is 57.8 Å². The number of imidazole rings is 1. The summed E-state index contributed by atoms with van der Waals surface area (Å²) < 4.78 is 0. The number of carbonyl (C=O) groups excluding carboxylic acids is 1. The molecule has 4 aromatic rings. The average Bonchev–Trinajstić information content (AvgIpc) is 3.34. The molecule has 0 fully saturated rings.